The Hall–Kier alpha value is -0.0800. The van der Waals surface area contributed by atoms with Gasteiger partial charge in [0.05, 0.1) is 0 Å². The molecule has 102 valence electrons. The predicted octanol–water partition coefficient (Wildman–Crippen LogP) is 3.13. The van der Waals surface area contributed by atoms with E-state index in [1.54, 1.807) is 0 Å². The summed E-state index contributed by atoms with van der Waals surface area (Å²) in [6.45, 7) is 8.24. The first-order valence-corrected chi connectivity index (χ1v) is 7.45. The lowest BCUT2D eigenvalue weighted by Gasteiger charge is -2.36. The molecule has 2 unspecified atom stereocenters. The Bertz CT molecular complexity index is 197. The highest BCUT2D eigenvalue weighted by Crippen LogP contribution is 2.26. The van der Waals surface area contributed by atoms with Gasteiger partial charge in [0.25, 0.3) is 0 Å². The SMILES string of the molecule is CCC(C)C(CN(C)C1CCC(C)CC1)NC. The quantitative estimate of drug-likeness (QED) is 0.767. The van der Waals surface area contributed by atoms with Crippen LogP contribution in [-0.2, 0) is 0 Å². The molecule has 1 rings (SSSR count). The maximum atomic E-state index is 3.49. The van der Waals surface area contributed by atoms with Crippen LogP contribution < -0.4 is 5.32 Å². The Morgan fingerprint density at radius 1 is 1.24 bits per heavy atom. The van der Waals surface area contributed by atoms with E-state index in [1.165, 1.54) is 38.6 Å². The third-order valence-corrected chi connectivity index (χ3v) is 4.80. The molecule has 2 nitrogen and oxygen atoms in total. The second-order valence-corrected chi connectivity index (χ2v) is 6.13. The van der Waals surface area contributed by atoms with Gasteiger partial charge >= 0.3 is 0 Å². The van der Waals surface area contributed by atoms with E-state index in [4.69, 9.17) is 0 Å². The first-order chi connectivity index (χ1) is 8.08. The van der Waals surface area contributed by atoms with E-state index in [1.807, 2.05) is 0 Å². The van der Waals surface area contributed by atoms with Crippen LogP contribution in [0.4, 0.5) is 0 Å². The van der Waals surface area contributed by atoms with Crippen LogP contribution in [0.2, 0.25) is 0 Å². The highest BCUT2D eigenvalue weighted by Gasteiger charge is 2.24. The van der Waals surface area contributed by atoms with E-state index < -0.39 is 0 Å². The lowest BCUT2D eigenvalue weighted by molar-refractivity contribution is 0.145. The molecule has 0 aromatic heterocycles. The molecule has 0 radical (unpaired) electrons. The number of rotatable bonds is 6. The van der Waals surface area contributed by atoms with Gasteiger partial charge < -0.3 is 10.2 Å². The van der Waals surface area contributed by atoms with E-state index in [-0.39, 0.29) is 0 Å². The van der Waals surface area contributed by atoms with Crippen molar-refractivity contribution in [2.45, 2.75) is 65.0 Å². The second kappa shape index (κ2) is 7.38. The van der Waals surface area contributed by atoms with Crippen LogP contribution in [0, 0.1) is 11.8 Å². The Labute approximate surface area is 108 Å². The van der Waals surface area contributed by atoms with Gasteiger partial charge in [-0.15, -0.1) is 0 Å². The summed E-state index contributed by atoms with van der Waals surface area (Å²) in [5, 5.41) is 3.49. The van der Waals surface area contributed by atoms with Crippen molar-refractivity contribution in [3.8, 4) is 0 Å². The molecule has 0 heterocycles. The van der Waals surface area contributed by atoms with Gasteiger partial charge in [0.15, 0.2) is 0 Å². The Kier molecular flexibility index (Phi) is 6.50. The summed E-state index contributed by atoms with van der Waals surface area (Å²) in [5.74, 6) is 1.72. The monoisotopic (exact) mass is 240 g/mol. The number of nitrogens with zero attached hydrogens (tertiary/aromatic N) is 1. The summed E-state index contributed by atoms with van der Waals surface area (Å²) in [6.07, 6.45) is 6.90. The van der Waals surface area contributed by atoms with E-state index in [2.05, 4.69) is 45.1 Å². The molecule has 0 spiro atoms. The summed E-state index contributed by atoms with van der Waals surface area (Å²) in [4.78, 5) is 2.60. The van der Waals surface area contributed by atoms with Gasteiger partial charge in [-0.3, -0.25) is 0 Å². The Balaban J connectivity index is 2.38. The third kappa shape index (κ3) is 4.59. The molecule has 0 amide bonds. The smallest absolute Gasteiger partial charge is 0.0217 e. The number of nitrogens with one attached hydrogen (secondary N) is 1. The third-order valence-electron chi connectivity index (χ3n) is 4.80. The molecule has 2 atom stereocenters. The predicted molar refractivity (Wildman–Crippen MR) is 76.4 cm³/mol. The Morgan fingerprint density at radius 3 is 2.29 bits per heavy atom. The van der Waals surface area contributed by atoms with Gasteiger partial charge in [0.2, 0.25) is 0 Å². The van der Waals surface area contributed by atoms with Crippen LogP contribution in [0.25, 0.3) is 0 Å². The minimum Gasteiger partial charge on any atom is -0.315 e. The molecule has 17 heavy (non-hydrogen) atoms. The molecule has 0 aromatic carbocycles. The van der Waals surface area contributed by atoms with Crippen LogP contribution in [-0.4, -0.2) is 37.6 Å². The van der Waals surface area contributed by atoms with Crippen molar-refractivity contribution >= 4 is 0 Å². The maximum Gasteiger partial charge on any atom is 0.0217 e. The van der Waals surface area contributed by atoms with Crippen molar-refractivity contribution < 1.29 is 0 Å². The van der Waals surface area contributed by atoms with E-state index in [0.29, 0.717) is 6.04 Å². The highest BCUT2D eigenvalue weighted by atomic mass is 15.2. The van der Waals surface area contributed by atoms with Crippen LogP contribution in [0.15, 0.2) is 0 Å². The number of likely N-dealkylation sites (N-methyl/N-ethyl adjacent to an activating group) is 2. The maximum absolute atomic E-state index is 3.49. The molecule has 0 aliphatic heterocycles. The minimum atomic E-state index is 0.643. The van der Waals surface area contributed by atoms with Gasteiger partial charge in [-0.1, -0.05) is 27.2 Å². The Morgan fingerprint density at radius 2 is 1.82 bits per heavy atom. The molecule has 0 bridgehead atoms. The molecule has 1 N–H and O–H groups in total. The van der Waals surface area contributed by atoms with Crippen molar-refractivity contribution in [1.29, 1.82) is 0 Å². The summed E-state index contributed by atoms with van der Waals surface area (Å²) >= 11 is 0. The molecule has 2 heteroatoms. The molecule has 1 fully saturated rings. The van der Waals surface area contributed by atoms with Crippen LogP contribution in [0.5, 0.6) is 0 Å². The molecular weight excluding hydrogens is 208 g/mol. The fourth-order valence-electron chi connectivity index (χ4n) is 2.98. The normalized spacial score (nSPS) is 29.3. The second-order valence-electron chi connectivity index (χ2n) is 6.13. The molecule has 1 aliphatic carbocycles. The average Bonchev–Trinajstić information content (AvgIpc) is 2.35. The lowest BCUT2D eigenvalue weighted by Crippen LogP contribution is -2.46. The van der Waals surface area contributed by atoms with E-state index >= 15 is 0 Å². The minimum absolute atomic E-state index is 0.643. The molecule has 0 aromatic rings. The fraction of sp³-hybridized carbons (Fsp3) is 1.00. The zero-order valence-corrected chi connectivity index (χ0v) is 12.5. The van der Waals surface area contributed by atoms with Crippen molar-refractivity contribution in [3.63, 3.8) is 0 Å². The topological polar surface area (TPSA) is 15.3 Å². The van der Waals surface area contributed by atoms with Crippen molar-refractivity contribution in [2.24, 2.45) is 11.8 Å². The lowest BCUT2D eigenvalue weighted by atomic mass is 9.86. The molecular formula is C15H32N2. The standard InChI is InChI=1S/C15H32N2/c1-6-13(3)15(16-4)11-17(5)14-9-7-12(2)8-10-14/h12-16H,6-11H2,1-5H3. The van der Waals surface area contributed by atoms with Crippen LogP contribution >= 0.6 is 0 Å². The highest BCUT2D eigenvalue weighted by molar-refractivity contribution is 4.81. The summed E-state index contributed by atoms with van der Waals surface area (Å²) < 4.78 is 0. The molecule has 1 saturated carbocycles. The number of hydrogen-bond acceptors (Lipinski definition) is 2. The van der Waals surface area contributed by atoms with Crippen LogP contribution in [0.3, 0.4) is 0 Å². The number of hydrogen-bond donors (Lipinski definition) is 1. The first kappa shape index (κ1) is 15.0. The average molecular weight is 240 g/mol. The molecule has 1 aliphatic rings. The largest absolute Gasteiger partial charge is 0.315 e. The zero-order chi connectivity index (χ0) is 12.8. The first-order valence-electron chi connectivity index (χ1n) is 7.45. The van der Waals surface area contributed by atoms with Gasteiger partial charge in [-0.05, 0) is 51.6 Å². The molecule has 0 saturated heterocycles. The van der Waals surface area contributed by atoms with Crippen molar-refractivity contribution in [1.82, 2.24) is 10.2 Å². The van der Waals surface area contributed by atoms with Crippen molar-refractivity contribution in [2.75, 3.05) is 20.6 Å². The summed E-state index contributed by atoms with van der Waals surface area (Å²) in [7, 11) is 4.42. The van der Waals surface area contributed by atoms with Gasteiger partial charge in [0, 0.05) is 18.6 Å². The zero-order valence-electron chi connectivity index (χ0n) is 12.5. The van der Waals surface area contributed by atoms with Crippen molar-refractivity contribution in [3.05, 3.63) is 0 Å². The van der Waals surface area contributed by atoms with Gasteiger partial charge in [0.1, 0.15) is 0 Å². The van der Waals surface area contributed by atoms with Gasteiger partial charge in [-0.2, -0.15) is 0 Å². The summed E-state index contributed by atoms with van der Waals surface area (Å²) in [5.41, 5.74) is 0. The van der Waals surface area contributed by atoms with E-state index in [9.17, 15) is 0 Å². The fourth-order valence-corrected chi connectivity index (χ4v) is 2.98. The van der Waals surface area contributed by atoms with E-state index in [0.717, 1.165) is 17.9 Å². The summed E-state index contributed by atoms with van der Waals surface area (Å²) in [6, 6.07) is 1.47. The van der Waals surface area contributed by atoms with Gasteiger partial charge in [-0.25, -0.2) is 0 Å². The van der Waals surface area contributed by atoms with Crippen LogP contribution in [0.1, 0.15) is 52.9 Å².